The third-order valence-corrected chi connectivity index (χ3v) is 4.11. The maximum atomic E-state index is 10.6. The molecule has 0 radical (unpaired) electrons. The summed E-state index contributed by atoms with van der Waals surface area (Å²) in [7, 11) is 0. The number of halogens is 2. The molecule has 5 heteroatoms. The maximum absolute atomic E-state index is 10.6. The van der Waals surface area contributed by atoms with E-state index in [2.05, 4.69) is 38.5 Å². The first-order valence-corrected chi connectivity index (χ1v) is 5.33. The molecule has 13 heavy (non-hydrogen) atoms. The Bertz CT molecular complexity index is 343. The van der Waals surface area contributed by atoms with Crippen molar-refractivity contribution in [2.45, 2.75) is 6.04 Å². The van der Waals surface area contributed by atoms with Crippen molar-refractivity contribution in [1.82, 2.24) is 0 Å². The minimum absolute atomic E-state index is 0.597. The summed E-state index contributed by atoms with van der Waals surface area (Å²) >= 11 is 5.41. The van der Waals surface area contributed by atoms with Crippen molar-refractivity contribution < 1.29 is 9.90 Å². The molecule has 0 amide bonds. The molecule has 0 aromatic heterocycles. The molecule has 1 aromatic rings. The van der Waals surface area contributed by atoms with E-state index in [0.717, 1.165) is 8.04 Å². The topological polar surface area (TPSA) is 63.3 Å². The molecular formula is C8H7BrINO2. The van der Waals surface area contributed by atoms with Crippen LogP contribution in [0.15, 0.2) is 22.7 Å². The zero-order valence-electron chi connectivity index (χ0n) is 6.50. The van der Waals surface area contributed by atoms with Gasteiger partial charge in [-0.15, -0.1) is 0 Å². The zero-order valence-corrected chi connectivity index (χ0v) is 10.2. The van der Waals surface area contributed by atoms with Crippen LogP contribution >= 0.6 is 38.5 Å². The molecule has 0 bridgehead atoms. The number of carboxylic acids is 1. The van der Waals surface area contributed by atoms with Gasteiger partial charge < -0.3 is 10.8 Å². The summed E-state index contributed by atoms with van der Waals surface area (Å²) in [5.74, 6) is -1.03. The van der Waals surface area contributed by atoms with E-state index in [1.54, 1.807) is 12.1 Å². The summed E-state index contributed by atoms with van der Waals surface area (Å²) in [6.45, 7) is 0. The Morgan fingerprint density at radius 3 is 2.77 bits per heavy atom. The molecule has 0 aliphatic heterocycles. The molecule has 0 fully saturated rings. The first-order chi connectivity index (χ1) is 6.04. The van der Waals surface area contributed by atoms with Gasteiger partial charge in [0, 0.05) is 8.04 Å². The van der Waals surface area contributed by atoms with Crippen LogP contribution in [0.5, 0.6) is 0 Å². The normalized spacial score (nSPS) is 12.5. The van der Waals surface area contributed by atoms with Crippen LogP contribution in [0.1, 0.15) is 11.6 Å². The highest BCUT2D eigenvalue weighted by Crippen LogP contribution is 2.27. The average molecular weight is 356 g/mol. The third kappa shape index (κ3) is 2.41. The van der Waals surface area contributed by atoms with Gasteiger partial charge in [-0.3, -0.25) is 4.79 Å². The molecule has 70 valence electrons. The van der Waals surface area contributed by atoms with Crippen molar-refractivity contribution in [1.29, 1.82) is 0 Å². The monoisotopic (exact) mass is 355 g/mol. The number of hydrogen-bond donors (Lipinski definition) is 2. The van der Waals surface area contributed by atoms with E-state index < -0.39 is 12.0 Å². The molecule has 0 heterocycles. The van der Waals surface area contributed by atoms with Crippen LogP contribution in [0.25, 0.3) is 0 Å². The predicted octanol–water partition coefficient (Wildman–Crippen LogP) is 2.14. The fraction of sp³-hybridized carbons (Fsp3) is 0.125. The molecule has 0 aliphatic carbocycles. The van der Waals surface area contributed by atoms with Gasteiger partial charge in [-0.25, -0.2) is 0 Å². The van der Waals surface area contributed by atoms with Crippen molar-refractivity contribution in [3.63, 3.8) is 0 Å². The minimum atomic E-state index is -1.03. The van der Waals surface area contributed by atoms with Crippen LogP contribution in [0.4, 0.5) is 0 Å². The molecular weight excluding hydrogens is 349 g/mol. The molecule has 3 nitrogen and oxygen atoms in total. The van der Waals surface area contributed by atoms with E-state index in [1.807, 2.05) is 6.07 Å². The van der Waals surface area contributed by atoms with Gasteiger partial charge in [-0.1, -0.05) is 12.1 Å². The molecule has 0 saturated carbocycles. The number of benzene rings is 1. The van der Waals surface area contributed by atoms with E-state index in [9.17, 15) is 4.79 Å². The standard InChI is InChI=1S/C8H7BrINO2/c9-6-4(7(11)8(12)13)2-1-3-5(6)10/h1-3,7H,11H2,(H,12,13). The van der Waals surface area contributed by atoms with Gasteiger partial charge in [0.05, 0.1) is 0 Å². The second-order valence-electron chi connectivity index (χ2n) is 2.46. The lowest BCUT2D eigenvalue weighted by Crippen LogP contribution is -2.21. The average Bonchev–Trinajstić information content (AvgIpc) is 2.08. The first-order valence-electron chi connectivity index (χ1n) is 3.46. The predicted molar refractivity (Wildman–Crippen MR) is 61.4 cm³/mol. The Balaban J connectivity index is 3.15. The third-order valence-electron chi connectivity index (χ3n) is 1.58. The highest BCUT2D eigenvalue weighted by atomic mass is 127. The van der Waals surface area contributed by atoms with Crippen LogP contribution in [-0.4, -0.2) is 11.1 Å². The Kier molecular flexibility index (Phi) is 3.69. The van der Waals surface area contributed by atoms with Crippen LogP contribution in [0, 0.1) is 3.57 Å². The van der Waals surface area contributed by atoms with Crippen molar-refractivity contribution in [2.24, 2.45) is 5.73 Å². The molecule has 0 aliphatic rings. The van der Waals surface area contributed by atoms with Gasteiger partial charge in [0.1, 0.15) is 6.04 Å². The van der Waals surface area contributed by atoms with Crippen LogP contribution in [0.2, 0.25) is 0 Å². The maximum Gasteiger partial charge on any atom is 0.325 e. The summed E-state index contributed by atoms with van der Waals surface area (Å²) in [5, 5.41) is 8.70. The Morgan fingerprint density at radius 1 is 1.62 bits per heavy atom. The van der Waals surface area contributed by atoms with Gasteiger partial charge in [0.2, 0.25) is 0 Å². The van der Waals surface area contributed by atoms with Gasteiger partial charge in [0.15, 0.2) is 0 Å². The summed E-state index contributed by atoms with van der Waals surface area (Å²) in [4.78, 5) is 10.6. The fourth-order valence-corrected chi connectivity index (χ4v) is 1.92. The number of carboxylic acid groups (broad SMARTS) is 1. The van der Waals surface area contributed by atoms with E-state index in [-0.39, 0.29) is 0 Å². The largest absolute Gasteiger partial charge is 0.480 e. The lowest BCUT2D eigenvalue weighted by atomic mass is 10.1. The van der Waals surface area contributed by atoms with E-state index in [1.165, 1.54) is 0 Å². The number of rotatable bonds is 2. The van der Waals surface area contributed by atoms with Crippen LogP contribution in [-0.2, 0) is 4.79 Å². The molecule has 1 atom stereocenters. The van der Waals surface area contributed by atoms with Crippen molar-refractivity contribution in [3.05, 3.63) is 31.8 Å². The quantitative estimate of drug-likeness (QED) is 0.799. The van der Waals surface area contributed by atoms with Crippen LogP contribution in [0.3, 0.4) is 0 Å². The molecule has 1 aromatic carbocycles. The Morgan fingerprint density at radius 2 is 2.23 bits per heavy atom. The van der Waals surface area contributed by atoms with Gasteiger partial charge in [-0.05, 0) is 50.2 Å². The summed E-state index contributed by atoms with van der Waals surface area (Å²) in [6, 6.07) is 4.39. The molecule has 1 unspecified atom stereocenters. The SMILES string of the molecule is NC(C(=O)O)c1cccc(I)c1Br. The minimum Gasteiger partial charge on any atom is -0.480 e. The highest BCUT2D eigenvalue weighted by molar-refractivity contribution is 14.1. The summed E-state index contributed by atoms with van der Waals surface area (Å²) in [6.07, 6.45) is 0. The number of hydrogen-bond acceptors (Lipinski definition) is 2. The van der Waals surface area contributed by atoms with Crippen molar-refractivity contribution in [3.8, 4) is 0 Å². The number of carbonyl (C=O) groups is 1. The zero-order chi connectivity index (χ0) is 10.0. The number of aliphatic carboxylic acids is 1. The molecule has 3 N–H and O–H groups in total. The second-order valence-corrected chi connectivity index (χ2v) is 4.41. The van der Waals surface area contributed by atoms with E-state index >= 15 is 0 Å². The molecule has 0 saturated heterocycles. The molecule has 1 rings (SSSR count). The van der Waals surface area contributed by atoms with Gasteiger partial charge in [-0.2, -0.15) is 0 Å². The molecule has 0 spiro atoms. The van der Waals surface area contributed by atoms with Crippen molar-refractivity contribution in [2.75, 3.05) is 0 Å². The lowest BCUT2D eigenvalue weighted by Gasteiger charge is -2.09. The smallest absolute Gasteiger partial charge is 0.325 e. The fourth-order valence-electron chi connectivity index (χ4n) is 0.894. The highest BCUT2D eigenvalue weighted by Gasteiger charge is 2.17. The van der Waals surface area contributed by atoms with Gasteiger partial charge >= 0.3 is 5.97 Å². The summed E-state index contributed by atoms with van der Waals surface area (Å²) in [5.41, 5.74) is 6.07. The van der Waals surface area contributed by atoms with Gasteiger partial charge in [0.25, 0.3) is 0 Å². The van der Waals surface area contributed by atoms with E-state index in [4.69, 9.17) is 10.8 Å². The number of nitrogens with two attached hydrogens (primary N) is 1. The van der Waals surface area contributed by atoms with Crippen LogP contribution < -0.4 is 5.73 Å². The first kappa shape index (κ1) is 10.9. The Labute approximate surface area is 97.6 Å². The Hall–Kier alpha value is -0.140. The van der Waals surface area contributed by atoms with Crippen molar-refractivity contribution >= 4 is 44.5 Å². The second kappa shape index (κ2) is 4.39. The summed E-state index contributed by atoms with van der Waals surface area (Å²) < 4.78 is 1.71. The lowest BCUT2D eigenvalue weighted by molar-refractivity contribution is -0.138. The van der Waals surface area contributed by atoms with E-state index in [0.29, 0.717) is 5.56 Å².